The van der Waals surface area contributed by atoms with E-state index in [0.29, 0.717) is 0 Å². The lowest BCUT2D eigenvalue weighted by molar-refractivity contribution is -0.146. The Hall–Kier alpha value is -2.20. The average molecular weight is 320 g/mol. The fourth-order valence-corrected chi connectivity index (χ4v) is 1.87. The summed E-state index contributed by atoms with van der Waals surface area (Å²) in [5, 5.41) is 40.1. The Bertz CT molecular complexity index is 448. The lowest BCUT2D eigenvalue weighted by Crippen LogP contribution is -2.54. The van der Waals surface area contributed by atoms with Gasteiger partial charge in [-0.1, -0.05) is 0 Å². The summed E-state index contributed by atoms with van der Waals surface area (Å²) in [6.07, 6.45) is -0.807. The molecule has 0 aliphatic heterocycles. The molecule has 0 fully saturated rings. The van der Waals surface area contributed by atoms with Crippen LogP contribution >= 0.6 is 0 Å². The number of hydrogen-bond acceptors (Lipinski definition) is 6. The van der Waals surface area contributed by atoms with E-state index in [0.717, 1.165) is 0 Å². The summed E-state index contributed by atoms with van der Waals surface area (Å²) < 4.78 is 0. The zero-order valence-electron chi connectivity index (χ0n) is 12.2. The molecule has 22 heavy (non-hydrogen) atoms. The monoisotopic (exact) mass is 320 g/mol. The molecule has 0 rings (SSSR count). The number of rotatable bonds is 11. The topological polar surface area (TPSA) is 173 Å². The molecular formula is C12H20N2O8. The van der Waals surface area contributed by atoms with Crippen molar-refractivity contribution in [3.05, 3.63) is 0 Å². The Morgan fingerprint density at radius 3 is 1.77 bits per heavy atom. The van der Waals surface area contributed by atoms with Crippen molar-refractivity contribution in [1.29, 1.82) is 0 Å². The van der Waals surface area contributed by atoms with Crippen molar-refractivity contribution in [2.45, 2.75) is 44.3 Å². The number of carboxylic acid groups (broad SMARTS) is 4. The van der Waals surface area contributed by atoms with Crippen molar-refractivity contribution in [2.24, 2.45) is 0 Å². The third kappa shape index (κ3) is 8.17. The number of hydrogen-bond donors (Lipinski definition) is 6. The summed E-state index contributed by atoms with van der Waals surface area (Å²) in [5.41, 5.74) is -1.05. The average Bonchev–Trinajstić information content (AvgIpc) is 2.32. The summed E-state index contributed by atoms with van der Waals surface area (Å²) in [6, 6.07) is -2.61. The quantitative estimate of drug-likeness (QED) is 0.271. The molecule has 0 amide bonds. The molecule has 0 radical (unpaired) electrons. The lowest BCUT2D eigenvalue weighted by atomic mass is 9.93. The van der Waals surface area contributed by atoms with Crippen LogP contribution in [0.2, 0.25) is 0 Å². The Morgan fingerprint density at radius 1 is 0.909 bits per heavy atom. The van der Waals surface area contributed by atoms with Crippen LogP contribution in [0, 0.1) is 0 Å². The number of aliphatic carboxylic acids is 4. The molecule has 0 heterocycles. The fourth-order valence-electron chi connectivity index (χ4n) is 1.87. The first kappa shape index (κ1) is 19.8. The van der Waals surface area contributed by atoms with E-state index in [4.69, 9.17) is 20.4 Å². The van der Waals surface area contributed by atoms with E-state index in [-0.39, 0.29) is 6.42 Å². The van der Waals surface area contributed by atoms with E-state index < -0.39 is 54.5 Å². The zero-order valence-corrected chi connectivity index (χ0v) is 12.2. The van der Waals surface area contributed by atoms with Crippen LogP contribution in [0.5, 0.6) is 0 Å². The van der Waals surface area contributed by atoms with Gasteiger partial charge in [-0.15, -0.1) is 0 Å². The second-order valence-electron chi connectivity index (χ2n) is 5.39. The van der Waals surface area contributed by atoms with Gasteiger partial charge in [0.15, 0.2) is 0 Å². The molecule has 0 saturated carbocycles. The Kier molecular flexibility index (Phi) is 7.46. The summed E-state index contributed by atoms with van der Waals surface area (Å²) >= 11 is 0. The van der Waals surface area contributed by atoms with E-state index in [9.17, 15) is 19.2 Å². The van der Waals surface area contributed by atoms with Gasteiger partial charge in [0.2, 0.25) is 0 Å². The minimum Gasteiger partial charge on any atom is -0.481 e. The first-order chi connectivity index (χ1) is 9.94. The summed E-state index contributed by atoms with van der Waals surface area (Å²) in [6.45, 7) is 2.44. The number of nitrogens with one attached hydrogen (secondary N) is 2. The highest BCUT2D eigenvalue weighted by Gasteiger charge is 2.32. The van der Waals surface area contributed by atoms with E-state index in [2.05, 4.69) is 10.6 Å². The number of carbonyl (C=O) groups is 4. The third-order valence-electron chi connectivity index (χ3n) is 2.75. The van der Waals surface area contributed by atoms with Crippen LogP contribution in [0.3, 0.4) is 0 Å². The van der Waals surface area contributed by atoms with E-state index in [1.807, 2.05) is 0 Å². The Morgan fingerprint density at radius 2 is 1.41 bits per heavy atom. The van der Waals surface area contributed by atoms with Gasteiger partial charge in [-0.25, -0.2) is 0 Å². The molecule has 0 aromatic rings. The molecule has 0 saturated heterocycles. The smallest absolute Gasteiger partial charge is 0.321 e. The molecular weight excluding hydrogens is 300 g/mol. The molecule has 126 valence electrons. The van der Waals surface area contributed by atoms with Gasteiger partial charge < -0.3 is 20.4 Å². The minimum absolute atomic E-state index is 0.140. The highest BCUT2D eigenvalue weighted by molar-refractivity contribution is 5.80. The molecule has 6 N–H and O–H groups in total. The third-order valence-corrected chi connectivity index (χ3v) is 2.75. The molecule has 0 aromatic heterocycles. The van der Waals surface area contributed by atoms with E-state index in [1.165, 1.54) is 13.8 Å². The van der Waals surface area contributed by atoms with Crippen molar-refractivity contribution in [1.82, 2.24) is 10.6 Å². The summed E-state index contributed by atoms with van der Waals surface area (Å²) in [7, 11) is 0. The highest BCUT2D eigenvalue weighted by atomic mass is 16.4. The Labute approximate surface area is 126 Å². The molecule has 2 unspecified atom stereocenters. The normalized spacial score (nSPS) is 14.1. The standard InChI is InChI=1S/C12H20N2O8/c1-12(2,14-6(10(19)20)3-8(15)16)4-7(11(21)22)13-5-9(17)18/h6-7,13-14H,3-5H2,1-2H3,(H,15,16)(H,17,18)(H,19,20)(H,21,22). The second kappa shape index (κ2) is 8.29. The predicted octanol–water partition coefficient (Wildman–Crippen LogP) is -1.20. The molecule has 0 aromatic carbocycles. The van der Waals surface area contributed by atoms with Gasteiger partial charge in [-0.05, 0) is 20.3 Å². The largest absolute Gasteiger partial charge is 0.481 e. The molecule has 0 aliphatic carbocycles. The predicted molar refractivity (Wildman–Crippen MR) is 72.6 cm³/mol. The van der Waals surface area contributed by atoms with Gasteiger partial charge in [-0.3, -0.25) is 29.8 Å². The van der Waals surface area contributed by atoms with Crippen molar-refractivity contribution < 1.29 is 39.6 Å². The van der Waals surface area contributed by atoms with E-state index in [1.54, 1.807) is 0 Å². The number of carboxylic acids is 4. The van der Waals surface area contributed by atoms with Gasteiger partial charge in [-0.2, -0.15) is 0 Å². The summed E-state index contributed by atoms with van der Waals surface area (Å²) in [4.78, 5) is 43.2. The van der Waals surface area contributed by atoms with Crippen LogP contribution < -0.4 is 10.6 Å². The first-order valence-corrected chi connectivity index (χ1v) is 6.35. The minimum atomic E-state index is -1.39. The Balaban J connectivity index is 4.86. The first-order valence-electron chi connectivity index (χ1n) is 6.35. The van der Waals surface area contributed by atoms with Crippen LogP contribution in [0.4, 0.5) is 0 Å². The van der Waals surface area contributed by atoms with Crippen molar-refractivity contribution >= 4 is 23.9 Å². The van der Waals surface area contributed by atoms with E-state index >= 15 is 0 Å². The van der Waals surface area contributed by atoms with Crippen molar-refractivity contribution in [3.63, 3.8) is 0 Å². The van der Waals surface area contributed by atoms with Crippen LogP contribution in [-0.2, 0) is 19.2 Å². The summed E-state index contributed by atoms with van der Waals surface area (Å²) in [5.74, 6) is -5.21. The van der Waals surface area contributed by atoms with Crippen LogP contribution in [-0.4, -0.2) is 68.5 Å². The SMILES string of the molecule is CC(C)(CC(NCC(=O)O)C(=O)O)NC(CC(=O)O)C(=O)O. The van der Waals surface area contributed by atoms with Gasteiger partial charge in [0.05, 0.1) is 13.0 Å². The van der Waals surface area contributed by atoms with Gasteiger partial charge in [0, 0.05) is 5.54 Å². The maximum Gasteiger partial charge on any atom is 0.321 e. The zero-order chi connectivity index (χ0) is 17.5. The van der Waals surface area contributed by atoms with Crippen molar-refractivity contribution in [2.75, 3.05) is 6.54 Å². The van der Waals surface area contributed by atoms with Gasteiger partial charge in [0.25, 0.3) is 0 Å². The molecule has 10 heteroatoms. The maximum absolute atomic E-state index is 11.1. The maximum atomic E-state index is 11.1. The van der Waals surface area contributed by atoms with Gasteiger partial charge >= 0.3 is 23.9 Å². The highest BCUT2D eigenvalue weighted by Crippen LogP contribution is 2.14. The molecule has 2 atom stereocenters. The molecule has 0 spiro atoms. The van der Waals surface area contributed by atoms with Crippen LogP contribution in [0.15, 0.2) is 0 Å². The lowest BCUT2D eigenvalue weighted by Gasteiger charge is -2.32. The second-order valence-corrected chi connectivity index (χ2v) is 5.39. The fraction of sp³-hybridized carbons (Fsp3) is 0.667. The van der Waals surface area contributed by atoms with Crippen LogP contribution in [0.1, 0.15) is 26.7 Å². The molecule has 0 bridgehead atoms. The molecule has 10 nitrogen and oxygen atoms in total. The van der Waals surface area contributed by atoms with Gasteiger partial charge in [0.1, 0.15) is 12.1 Å². The van der Waals surface area contributed by atoms with Crippen LogP contribution in [0.25, 0.3) is 0 Å². The molecule has 0 aliphatic rings. The van der Waals surface area contributed by atoms with Crippen molar-refractivity contribution in [3.8, 4) is 0 Å².